The summed E-state index contributed by atoms with van der Waals surface area (Å²) in [6.45, 7) is 11.4. The molecule has 0 aliphatic heterocycles. The molecule has 5 aromatic carbocycles. The fourth-order valence-electron chi connectivity index (χ4n) is 5.82. The van der Waals surface area contributed by atoms with Gasteiger partial charge in [0.25, 0.3) is 10.1 Å². The molecule has 1 unspecified atom stereocenters. The van der Waals surface area contributed by atoms with Crippen LogP contribution in [0.5, 0.6) is 0 Å². The van der Waals surface area contributed by atoms with E-state index in [-0.39, 0.29) is 105 Å². The van der Waals surface area contributed by atoms with Crippen LogP contribution in [0, 0.1) is 29.1 Å². The summed E-state index contributed by atoms with van der Waals surface area (Å²) in [4.78, 5) is 32.2. The number of benzene rings is 5. The standard InChI is InChI=1S/3C10H9Cl2FO2.C9H9Cl2FO3S.C8H7Cl2FO.2S/c3*1-5(15-6(2)14)9-7(11)3-4-8(13)10(9)12;1-5(15-16(2,13)14)8-6(10)3-4-7(12)9(8)11;1-4(12)7-5(9)2-3-6(11)8(7)10;;/h3*3-5H,1-2H3;3-5H,1-2H3;2-4,12H,1H3;;/q;;;;;2*-2/t2*5-;;5-;4-;;/m00.11../s1. The lowest BCUT2D eigenvalue weighted by atomic mass is 10.1. The highest BCUT2D eigenvalue weighted by atomic mass is 35.5. The second-order valence-corrected chi connectivity index (χ2v) is 20.2. The predicted octanol–water partition coefficient (Wildman–Crippen LogP) is 17.6. The van der Waals surface area contributed by atoms with Crippen LogP contribution in [0.15, 0.2) is 60.7 Å². The molecule has 75 heavy (non-hydrogen) atoms. The maximum absolute atomic E-state index is 13.2. The molecule has 0 spiro atoms. The maximum atomic E-state index is 13.2. The summed E-state index contributed by atoms with van der Waals surface area (Å²) in [5, 5.41) is 9.73. The fourth-order valence-corrected chi connectivity index (χ4v) is 9.84. The van der Waals surface area contributed by atoms with Gasteiger partial charge in [0, 0.05) is 73.7 Å². The van der Waals surface area contributed by atoms with Gasteiger partial charge in [-0.25, -0.2) is 22.0 Å². The van der Waals surface area contributed by atoms with E-state index in [1.54, 1.807) is 20.8 Å². The van der Waals surface area contributed by atoms with Gasteiger partial charge in [0.05, 0.1) is 37.5 Å². The van der Waals surface area contributed by atoms with Crippen molar-refractivity contribution < 1.29 is 68.3 Å². The van der Waals surface area contributed by atoms with E-state index < -0.39 is 87.6 Å². The van der Waals surface area contributed by atoms with Gasteiger partial charge in [0.2, 0.25) is 0 Å². The maximum Gasteiger partial charge on any atom is 0.303 e. The average molecular weight is 1310 g/mol. The molecule has 0 saturated carbocycles. The lowest BCUT2D eigenvalue weighted by Crippen LogP contribution is -2.09. The van der Waals surface area contributed by atoms with E-state index in [1.807, 2.05) is 0 Å². The minimum absolute atomic E-state index is 0. The van der Waals surface area contributed by atoms with Crippen LogP contribution < -0.4 is 0 Å². The molecule has 0 saturated heterocycles. The number of aliphatic hydroxyl groups is 1. The highest BCUT2D eigenvalue weighted by molar-refractivity contribution is 7.86. The summed E-state index contributed by atoms with van der Waals surface area (Å²) >= 11 is 57.4. The number of hydrogen-bond acceptors (Lipinski definition) is 10. The molecule has 1 N–H and O–H groups in total. The monoisotopic (exact) mass is 1310 g/mol. The lowest BCUT2D eigenvalue weighted by Gasteiger charge is -2.15. The van der Waals surface area contributed by atoms with E-state index in [0.717, 1.165) is 36.6 Å². The Morgan fingerprint density at radius 1 is 0.413 bits per heavy atom. The number of carbonyl (C=O) groups is 3. The fraction of sp³-hybridized carbons (Fsp3) is 0.298. The van der Waals surface area contributed by atoms with Gasteiger partial charge in [-0.2, -0.15) is 8.42 Å². The molecule has 0 aliphatic rings. The Morgan fingerprint density at radius 3 is 0.773 bits per heavy atom. The van der Waals surface area contributed by atoms with Crippen molar-refractivity contribution in [1.29, 1.82) is 0 Å². The third kappa shape index (κ3) is 24.3. The van der Waals surface area contributed by atoms with Gasteiger partial charge < -0.3 is 46.3 Å². The van der Waals surface area contributed by atoms with Gasteiger partial charge >= 0.3 is 17.9 Å². The van der Waals surface area contributed by atoms with Crippen LogP contribution in [-0.4, -0.2) is 37.7 Å². The molecule has 0 fully saturated rings. The summed E-state index contributed by atoms with van der Waals surface area (Å²) in [6, 6.07) is 12.5. The van der Waals surface area contributed by atoms with Gasteiger partial charge in [0.1, 0.15) is 53.5 Å². The number of halogens is 15. The predicted molar refractivity (Wildman–Crippen MR) is 292 cm³/mol. The third-order valence-corrected chi connectivity index (χ3v) is 13.0. The molecule has 0 amide bonds. The van der Waals surface area contributed by atoms with Crippen molar-refractivity contribution >= 4 is 171 Å². The molecular weight excluding hydrogens is 1270 g/mol. The van der Waals surface area contributed by atoms with Crippen LogP contribution in [-0.2, 0) is 69.9 Å². The van der Waals surface area contributed by atoms with Gasteiger partial charge in [0.15, 0.2) is 0 Å². The Kier molecular flexibility index (Phi) is 34.5. The zero-order valence-electron chi connectivity index (χ0n) is 40.2. The van der Waals surface area contributed by atoms with E-state index >= 15 is 0 Å². The van der Waals surface area contributed by atoms with E-state index in [2.05, 4.69) is 4.18 Å². The van der Waals surface area contributed by atoms with Crippen LogP contribution in [0.4, 0.5) is 22.0 Å². The third-order valence-electron chi connectivity index (χ3n) is 8.79. The second-order valence-electron chi connectivity index (χ2n) is 14.7. The number of carbonyl (C=O) groups excluding carboxylic acids is 3. The summed E-state index contributed by atoms with van der Waals surface area (Å²) in [7, 11) is -3.66. The Hall–Kier alpha value is -2.37. The summed E-state index contributed by atoms with van der Waals surface area (Å²) in [5.74, 6) is -4.43. The molecule has 28 heteroatoms. The first-order valence-corrected chi connectivity index (χ1v) is 25.9. The van der Waals surface area contributed by atoms with Crippen molar-refractivity contribution in [2.45, 2.75) is 85.9 Å². The van der Waals surface area contributed by atoms with Gasteiger partial charge in [-0.3, -0.25) is 18.6 Å². The topological polar surface area (TPSA) is 143 Å². The highest BCUT2D eigenvalue weighted by Crippen LogP contribution is 2.38. The second kappa shape index (κ2) is 34.6. The van der Waals surface area contributed by atoms with Crippen molar-refractivity contribution in [3.8, 4) is 0 Å². The lowest BCUT2D eigenvalue weighted by molar-refractivity contribution is -0.146. The van der Waals surface area contributed by atoms with Crippen molar-refractivity contribution in [3.05, 3.63) is 168 Å². The van der Waals surface area contributed by atoms with E-state index in [1.165, 1.54) is 65.0 Å². The summed E-state index contributed by atoms with van der Waals surface area (Å²) < 4.78 is 107. The normalized spacial score (nSPS) is 12.4. The molecule has 0 bridgehead atoms. The Balaban J connectivity index is 0. The minimum atomic E-state index is -3.66. The molecule has 0 aliphatic carbocycles. The van der Waals surface area contributed by atoms with Crippen LogP contribution in [0.1, 0.15) is 114 Å². The molecule has 0 radical (unpaired) electrons. The number of rotatable bonds is 10. The first-order chi connectivity index (χ1) is 33.5. The van der Waals surface area contributed by atoms with E-state index in [4.69, 9.17) is 130 Å². The molecule has 10 nitrogen and oxygen atoms in total. The van der Waals surface area contributed by atoms with Gasteiger partial charge in [-0.05, 0) is 95.3 Å². The average Bonchev–Trinajstić information content (AvgIpc) is 3.25. The number of hydrogen-bond donors (Lipinski definition) is 1. The smallest absolute Gasteiger partial charge is 0.303 e. The quantitative estimate of drug-likeness (QED) is 0.0472. The summed E-state index contributed by atoms with van der Waals surface area (Å²) in [6.07, 6.45) is -2.91. The van der Waals surface area contributed by atoms with Crippen LogP contribution in [0.3, 0.4) is 0 Å². The van der Waals surface area contributed by atoms with Crippen molar-refractivity contribution in [3.63, 3.8) is 0 Å². The Morgan fingerprint density at radius 2 is 0.600 bits per heavy atom. The van der Waals surface area contributed by atoms with Crippen molar-refractivity contribution in [2.24, 2.45) is 0 Å². The first-order valence-electron chi connectivity index (χ1n) is 20.3. The van der Waals surface area contributed by atoms with E-state index in [9.17, 15) is 49.9 Å². The molecule has 5 rings (SSSR count). The SMILES string of the molecule is CC(=O)OC(C)c1c(Cl)ccc(F)c1Cl.CC(=O)O[C@@H](C)c1c(Cl)ccc(F)c1Cl.CC(=O)O[C@@H](C)c1c(Cl)ccc(F)c1Cl.C[C@@H](O)c1c(Cl)ccc(F)c1Cl.C[C@@H](OS(C)(=O)=O)c1c(Cl)ccc(F)c1Cl.[S-2].[S-2]. The van der Waals surface area contributed by atoms with Crippen LogP contribution in [0.25, 0.3) is 0 Å². The highest BCUT2D eigenvalue weighted by Gasteiger charge is 2.23. The molecule has 5 aromatic rings. The molecule has 5 atom stereocenters. The van der Waals surface area contributed by atoms with Crippen molar-refractivity contribution in [1.82, 2.24) is 0 Å². The number of esters is 3. The van der Waals surface area contributed by atoms with E-state index in [0.29, 0.717) is 0 Å². The van der Waals surface area contributed by atoms with Gasteiger partial charge in [-0.1, -0.05) is 116 Å². The Labute approximate surface area is 495 Å². The minimum Gasteiger partial charge on any atom is -2.00 e. The molecule has 418 valence electrons. The molecular formula is C47H43Cl10F5O10S3-4. The molecule has 0 aromatic heterocycles. The van der Waals surface area contributed by atoms with Crippen LogP contribution >= 0.6 is 116 Å². The number of ether oxygens (including phenoxy) is 3. The number of aliphatic hydroxyl groups excluding tert-OH is 1. The Bertz CT molecular complexity index is 2700. The molecule has 0 heterocycles. The first kappa shape index (κ1) is 74.7. The van der Waals surface area contributed by atoms with Crippen LogP contribution in [0.2, 0.25) is 50.2 Å². The van der Waals surface area contributed by atoms with Gasteiger partial charge in [-0.15, -0.1) is 0 Å². The largest absolute Gasteiger partial charge is 2.00 e. The zero-order chi connectivity index (χ0) is 56.6. The summed E-state index contributed by atoms with van der Waals surface area (Å²) in [5.41, 5.74) is 1.21. The zero-order valence-corrected chi connectivity index (χ0v) is 50.2. The van der Waals surface area contributed by atoms with Crippen molar-refractivity contribution in [2.75, 3.05) is 6.26 Å².